The Morgan fingerprint density at radius 2 is 1.40 bits per heavy atom. The SMILES string of the molecule is [2H]c1c([2H])c(C([2H])([2H])[2H])c([2H])c([2H])c1-c1ccnc(-c2[c-]c(-c3cccc4c3nc(-c3cc(C(C)C)cc(C(C)C)c3O)n4-c3ccc(-c4ccccc4)c(C(C)(C)C)c3)cc(C(C)(C)C)c2)c1.[Pt]. The Balaban J connectivity index is 0.00000703. The molecule has 0 saturated heterocycles. The molecule has 8 rings (SSSR count). The van der Waals surface area contributed by atoms with E-state index in [1.54, 1.807) is 18.3 Å². The van der Waals surface area contributed by atoms with Crippen LogP contribution in [0.15, 0.2) is 133 Å². The van der Waals surface area contributed by atoms with Gasteiger partial charge in [0.1, 0.15) is 11.6 Å². The van der Waals surface area contributed by atoms with Gasteiger partial charge in [0.05, 0.1) is 22.1 Å². The Kier molecular flexibility index (Phi) is 10.0. The Bertz CT molecular complexity index is 3220. The van der Waals surface area contributed by atoms with Crippen LogP contribution in [0.1, 0.15) is 118 Å². The number of fused-ring (bicyclic) bond motifs is 1. The average Bonchev–Trinajstić information content (AvgIpc) is 3.67. The second kappa shape index (κ2) is 17.3. The smallest absolute Gasteiger partial charge is 0.148 e. The molecule has 4 nitrogen and oxygen atoms in total. The maximum absolute atomic E-state index is 12.2. The Hall–Kier alpha value is -5.57. The van der Waals surface area contributed by atoms with Crippen molar-refractivity contribution in [3.8, 4) is 67.5 Å². The van der Waals surface area contributed by atoms with E-state index in [1.165, 1.54) is 5.56 Å². The van der Waals surface area contributed by atoms with Crippen LogP contribution < -0.4 is 0 Å². The Morgan fingerprint density at radius 3 is 2.06 bits per heavy atom. The molecule has 0 aliphatic carbocycles. The first-order valence-corrected chi connectivity index (χ1v) is 21.1. The monoisotopic (exact) mass is 1000 g/mol. The number of hydrogen-bond acceptors (Lipinski definition) is 3. The van der Waals surface area contributed by atoms with Gasteiger partial charge in [-0.05, 0) is 98.8 Å². The number of aromatic nitrogens is 3. The topological polar surface area (TPSA) is 50.9 Å². The molecule has 0 aliphatic heterocycles. The van der Waals surface area contributed by atoms with Crippen LogP contribution in [0.25, 0.3) is 72.7 Å². The van der Waals surface area contributed by atoms with Gasteiger partial charge < -0.3 is 5.11 Å². The van der Waals surface area contributed by atoms with Crippen molar-refractivity contribution in [1.29, 1.82) is 0 Å². The van der Waals surface area contributed by atoms with Crippen LogP contribution in [0.4, 0.5) is 0 Å². The number of pyridine rings is 1. The molecule has 2 heterocycles. The number of para-hydroxylation sites is 1. The summed E-state index contributed by atoms with van der Waals surface area (Å²) in [5.74, 6) is 1.04. The molecule has 0 aliphatic rings. The van der Waals surface area contributed by atoms with Gasteiger partial charge in [0.2, 0.25) is 0 Å². The molecule has 5 heteroatoms. The van der Waals surface area contributed by atoms with E-state index in [4.69, 9.17) is 19.6 Å². The van der Waals surface area contributed by atoms with Crippen molar-refractivity contribution in [3.05, 3.63) is 167 Å². The first kappa shape index (κ1) is 36.0. The van der Waals surface area contributed by atoms with E-state index in [9.17, 15) is 5.11 Å². The minimum Gasteiger partial charge on any atom is -0.507 e. The molecular formula is C57H58N3OPt-. The van der Waals surface area contributed by atoms with E-state index in [0.717, 1.165) is 50.1 Å². The number of phenols is 1. The second-order valence-electron chi connectivity index (χ2n) is 18.7. The first-order valence-electron chi connectivity index (χ1n) is 24.6. The standard InChI is InChI=1S/C57H58N3O.Pt/c1-35(2)41-31-48(36(3)4)54(61)49(32-41)55-59-53-47(18-15-19-52(53)60(55)45-24-25-46(39-16-13-12-14-17-39)50(34-45)57(9,10)11)42-28-43(30-44(29-42)56(6,7)8)51-33-40(26-27-58-51)38-22-20-37(5)21-23-38;/h12-27,29-36,61H,1-11H3;/q-1;/i5D3,20D,21D,22D,23D;. The van der Waals surface area contributed by atoms with Gasteiger partial charge in [-0.25, -0.2) is 4.98 Å². The van der Waals surface area contributed by atoms with Gasteiger partial charge in [-0.15, -0.1) is 29.3 Å². The molecule has 0 unspecified atom stereocenters. The molecule has 1 N–H and O–H groups in total. The molecule has 8 aromatic rings. The van der Waals surface area contributed by atoms with Crippen LogP contribution >= 0.6 is 0 Å². The number of benzene rings is 6. The average molecular weight is 1000 g/mol. The van der Waals surface area contributed by atoms with Crippen molar-refractivity contribution in [2.75, 3.05) is 0 Å². The summed E-state index contributed by atoms with van der Waals surface area (Å²) in [5, 5.41) is 12.2. The third-order valence-corrected chi connectivity index (χ3v) is 11.5. The molecule has 0 fully saturated rings. The summed E-state index contributed by atoms with van der Waals surface area (Å²) < 4.78 is 60.7. The Morgan fingerprint density at radius 1 is 0.677 bits per heavy atom. The fourth-order valence-electron chi connectivity index (χ4n) is 8.02. The molecule has 0 amide bonds. The zero-order valence-electron chi connectivity index (χ0n) is 44.2. The van der Waals surface area contributed by atoms with E-state index in [2.05, 4.69) is 147 Å². The summed E-state index contributed by atoms with van der Waals surface area (Å²) in [6.07, 6.45) is 1.55. The molecule has 318 valence electrons. The van der Waals surface area contributed by atoms with Crippen LogP contribution in [-0.4, -0.2) is 19.6 Å². The third kappa shape index (κ3) is 8.73. The summed E-state index contributed by atoms with van der Waals surface area (Å²) in [4.78, 5) is 10.3. The van der Waals surface area contributed by atoms with Gasteiger partial charge in [0, 0.05) is 42.8 Å². The van der Waals surface area contributed by atoms with Crippen molar-refractivity contribution in [2.24, 2.45) is 0 Å². The number of rotatable bonds is 8. The fraction of sp³-hybridized carbons (Fsp3) is 0.263. The van der Waals surface area contributed by atoms with Crippen LogP contribution in [0.2, 0.25) is 0 Å². The van der Waals surface area contributed by atoms with Gasteiger partial charge in [-0.2, -0.15) is 0 Å². The van der Waals surface area contributed by atoms with Crippen molar-refractivity contribution < 1.29 is 35.8 Å². The van der Waals surface area contributed by atoms with E-state index >= 15 is 0 Å². The van der Waals surface area contributed by atoms with Gasteiger partial charge in [0.15, 0.2) is 0 Å². The van der Waals surface area contributed by atoms with Crippen molar-refractivity contribution in [1.82, 2.24) is 14.5 Å². The van der Waals surface area contributed by atoms with Crippen LogP contribution in [0.3, 0.4) is 0 Å². The molecule has 0 bridgehead atoms. The summed E-state index contributed by atoms with van der Waals surface area (Å²) in [6.45, 7) is 18.8. The van der Waals surface area contributed by atoms with E-state index in [0.29, 0.717) is 33.7 Å². The Labute approximate surface area is 393 Å². The summed E-state index contributed by atoms with van der Waals surface area (Å²) >= 11 is 0. The third-order valence-electron chi connectivity index (χ3n) is 11.5. The van der Waals surface area contributed by atoms with Gasteiger partial charge in [0.25, 0.3) is 0 Å². The molecular weight excluding hydrogens is 938 g/mol. The molecule has 62 heavy (non-hydrogen) atoms. The second-order valence-corrected chi connectivity index (χ2v) is 18.7. The quantitative estimate of drug-likeness (QED) is 0.154. The van der Waals surface area contributed by atoms with Crippen molar-refractivity contribution in [3.63, 3.8) is 0 Å². The molecule has 0 atom stereocenters. The number of imidazole rings is 1. The normalized spacial score (nSPS) is 13.8. The number of phenolic OH excluding ortho intramolecular Hbond substituents is 1. The minimum atomic E-state index is -2.82. The fourth-order valence-corrected chi connectivity index (χ4v) is 8.02. The molecule has 0 radical (unpaired) electrons. The van der Waals surface area contributed by atoms with E-state index in [-0.39, 0.29) is 55.0 Å². The summed E-state index contributed by atoms with van der Waals surface area (Å²) in [6, 6.07) is 36.4. The zero-order valence-corrected chi connectivity index (χ0v) is 39.4. The maximum atomic E-state index is 12.2. The maximum Gasteiger partial charge on any atom is 0.148 e. The number of nitrogens with zero attached hydrogens (tertiary/aromatic N) is 3. The van der Waals surface area contributed by atoms with Crippen LogP contribution in [0, 0.1) is 12.9 Å². The van der Waals surface area contributed by atoms with Gasteiger partial charge in [-0.3, -0.25) is 9.55 Å². The molecule has 0 spiro atoms. The summed E-state index contributed by atoms with van der Waals surface area (Å²) in [5.41, 5.74) is 11.3. The van der Waals surface area contributed by atoms with Crippen LogP contribution in [0.5, 0.6) is 5.75 Å². The molecule has 0 saturated carbocycles. The number of aromatic hydroxyl groups is 1. The van der Waals surface area contributed by atoms with E-state index in [1.807, 2.05) is 24.3 Å². The predicted molar refractivity (Wildman–Crippen MR) is 257 cm³/mol. The summed E-state index contributed by atoms with van der Waals surface area (Å²) in [7, 11) is 0. The zero-order chi connectivity index (χ0) is 49.4. The van der Waals surface area contributed by atoms with Crippen molar-refractivity contribution in [2.45, 2.75) is 98.8 Å². The first-order chi connectivity index (χ1) is 31.9. The van der Waals surface area contributed by atoms with Crippen molar-refractivity contribution >= 4 is 11.0 Å². The molecule has 2 aromatic heterocycles. The van der Waals surface area contributed by atoms with E-state index < -0.39 is 36.6 Å². The predicted octanol–water partition coefficient (Wildman–Crippen LogP) is 15.4. The van der Waals surface area contributed by atoms with Gasteiger partial charge in [-0.1, -0.05) is 171 Å². The van der Waals surface area contributed by atoms with Gasteiger partial charge >= 0.3 is 0 Å². The number of hydrogen-bond donors (Lipinski definition) is 1. The minimum absolute atomic E-state index is 0. The largest absolute Gasteiger partial charge is 0.507 e. The van der Waals surface area contributed by atoms with Crippen LogP contribution in [-0.2, 0) is 31.9 Å². The molecule has 6 aromatic carbocycles.